The number of anilines is 1. The van der Waals surface area contributed by atoms with Crippen molar-refractivity contribution in [3.8, 4) is 16.8 Å². The predicted octanol–water partition coefficient (Wildman–Crippen LogP) is 11.3. The molecule has 0 saturated carbocycles. The molecule has 0 bridgehead atoms. The molecule has 1 atom stereocenters. The Hall–Kier alpha value is -6.39. The third kappa shape index (κ3) is 4.13. The lowest BCUT2D eigenvalue weighted by atomic mass is 9.95. The van der Waals surface area contributed by atoms with Gasteiger partial charge in [-0.05, 0) is 59.2 Å². The number of aliphatic imine (C=N–C) groups is 1. The van der Waals surface area contributed by atoms with Gasteiger partial charge in [-0.25, -0.2) is 0 Å². The summed E-state index contributed by atoms with van der Waals surface area (Å²) in [5, 5.41) is 8.40. The number of hydrogen-bond donors (Lipinski definition) is 1. The Morgan fingerprint density at radius 1 is 0.521 bits per heavy atom. The first-order valence-electron chi connectivity index (χ1n) is 16.3. The van der Waals surface area contributed by atoms with Crippen LogP contribution in [0.5, 0.6) is 0 Å². The van der Waals surface area contributed by atoms with Crippen LogP contribution in [0, 0.1) is 0 Å². The van der Waals surface area contributed by atoms with Gasteiger partial charge in [0.25, 0.3) is 0 Å². The average molecular weight is 616 g/mol. The molecule has 0 saturated heterocycles. The Kier molecular flexibility index (Phi) is 5.90. The van der Waals surface area contributed by atoms with E-state index in [0.29, 0.717) is 0 Å². The Morgan fingerprint density at radius 2 is 1.21 bits per heavy atom. The second kappa shape index (κ2) is 10.6. The van der Waals surface area contributed by atoms with Gasteiger partial charge < -0.3 is 14.3 Å². The maximum Gasteiger partial charge on any atom is 0.145 e. The fourth-order valence-corrected chi connectivity index (χ4v) is 7.37. The Morgan fingerprint density at radius 3 is 2.06 bits per heavy atom. The van der Waals surface area contributed by atoms with E-state index in [1.807, 2.05) is 18.2 Å². The number of fused-ring (bicyclic) bond motifs is 8. The number of rotatable bonds is 4. The molecule has 3 heterocycles. The fourth-order valence-electron chi connectivity index (χ4n) is 7.37. The van der Waals surface area contributed by atoms with Gasteiger partial charge in [0, 0.05) is 38.7 Å². The maximum absolute atomic E-state index is 6.31. The lowest BCUT2D eigenvalue weighted by Gasteiger charge is -2.26. The first-order chi connectivity index (χ1) is 23.8. The first kappa shape index (κ1) is 26.8. The van der Waals surface area contributed by atoms with E-state index < -0.39 is 0 Å². The number of aromatic nitrogens is 1. The van der Waals surface area contributed by atoms with E-state index in [1.165, 1.54) is 27.4 Å². The summed E-state index contributed by atoms with van der Waals surface area (Å²) < 4.78 is 8.69. The molecule has 9 aromatic rings. The molecule has 1 N–H and O–H groups in total. The van der Waals surface area contributed by atoms with Gasteiger partial charge in [0.2, 0.25) is 0 Å². The second-order valence-corrected chi connectivity index (χ2v) is 12.4. The van der Waals surface area contributed by atoms with Gasteiger partial charge in [-0.15, -0.1) is 0 Å². The summed E-state index contributed by atoms with van der Waals surface area (Å²) in [5.74, 6) is 0. The van der Waals surface area contributed by atoms with Crippen molar-refractivity contribution < 1.29 is 4.42 Å². The number of benzene rings is 7. The maximum atomic E-state index is 6.31. The number of nitrogens with one attached hydrogen (secondary N) is 1. The van der Waals surface area contributed by atoms with Gasteiger partial charge in [-0.1, -0.05) is 121 Å². The highest BCUT2D eigenvalue weighted by Crippen LogP contribution is 2.41. The van der Waals surface area contributed by atoms with E-state index in [2.05, 4.69) is 155 Å². The lowest BCUT2D eigenvalue weighted by molar-refractivity contribution is 0.669. The summed E-state index contributed by atoms with van der Waals surface area (Å²) in [6.07, 6.45) is -0.222. The third-order valence-corrected chi connectivity index (χ3v) is 9.64. The van der Waals surface area contributed by atoms with Crippen LogP contribution in [-0.2, 0) is 0 Å². The molecule has 48 heavy (non-hydrogen) atoms. The van der Waals surface area contributed by atoms with Gasteiger partial charge in [-0.3, -0.25) is 4.99 Å². The van der Waals surface area contributed by atoms with Crippen molar-refractivity contribution in [2.45, 2.75) is 6.17 Å². The highest BCUT2D eigenvalue weighted by molar-refractivity contribution is 6.24. The van der Waals surface area contributed by atoms with Crippen LogP contribution < -0.4 is 5.32 Å². The molecule has 2 aromatic heterocycles. The fraction of sp³-hybridized carbons (Fsp3) is 0.0227. The van der Waals surface area contributed by atoms with Crippen molar-refractivity contribution in [2.75, 3.05) is 5.32 Å². The molecule has 10 rings (SSSR count). The normalized spacial score (nSPS) is 14.3. The van der Waals surface area contributed by atoms with Crippen LogP contribution in [0.25, 0.3) is 60.6 Å². The SMILES string of the molecule is c1ccc(-c2ccc(C3=NC(c4ccc(-n5c6ccccc6c6ccc7oc8ccccc8c7c65)cc4)Nc4ccccc43)cc2)cc1. The van der Waals surface area contributed by atoms with Gasteiger partial charge in [0.1, 0.15) is 17.3 Å². The molecule has 0 amide bonds. The molecule has 1 aliphatic heterocycles. The highest BCUT2D eigenvalue weighted by atomic mass is 16.3. The van der Waals surface area contributed by atoms with Gasteiger partial charge in [0.05, 0.1) is 22.1 Å². The third-order valence-electron chi connectivity index (χ3n) is 9.64. The topological polar surface area (TPSA) is 42.5 Å². The monoisotopic (exact) mass is 615 g/mol. The van der Waals surface area contributed by atoms with Crippen LogP contribution in [0.1, 0.15) is 22.9 Å². The number of nitrogens with zero attached hydrogens (tertiary/aromatic N) is 2. The average Bonchev–Trinajstić information content (AvgIpc) is 3.71. The quantitative estimate of drug-likeness (QED) is 0.214. The first-order valence-corrected chi connectivity index (χ1v) is 16.3. The van der Waals surface area contributed by atoms with E-state index >= 15 is 0 Å². The van der Waals surface area contributed by atoms with Gasteiger partial charge >= 0.3 is 0 Å². The summed E-state index contributed by atoms with van der Waals surface area (Å²) in [6, 6.07) is 57.8. The van der Waals surface area contributed by atoms with E-state index in [-0.39, 0.29) is 6.17 Å². The van der Waals surface area contributed by atoms with E-state index in [9.17, 15) is 0 Å². The molecular weight excluding hydrogens is 587 g/mol. The van der Waals surface area contributed by atoms with Crippen molar-refractivity contribution in [3.05, 3.63) is 180 Å². The Bertz CT molecular complexity index is 2680. The van der Waals surface area contributed by atoms with Crippen LogP contribution >= 0.6 is 0 Å². The Labute approximate surface area is 277 Å². The molecule has 0 fully saturated rings. The molecule has 0 radical (unpaired) electrons. The highest BCUT2D eigenvalue weighted by Gasteiger charge is 2.23. The molecule has 0 aliphatic carbocycles. The molecule has 4 nitrogen and oxygen atoms in total. The molecule has 1 aliphatic rings. The molecule has 0 spiro atoms. The number of furan rings is 1. The minimum absolute atomic E-state index is 0.222. The van der Waals surface area contributed by atoms with Crippen molar-refractivity contribution in [3.63, 3.8) is 0 Å². The van der Waals surface area contributed by atoms with Crippen LogP contribution in [-0.4, -0.2) is 10.3 Å². The summed E-state index contributed by atoms with van der Waals surface area (Å²) in [7, 11) is 0. The number of hydrogen-bond acceptors (Lipinski definition) is 3. The van der Waals surface area contributed by atoms with Crippen molar-refractivity contribution in [2.24, 2.45) is 4.99 Å². The van der Waals surface area contributed by atoms with Crippen molar-refractivity contribution in [1.29, 1.82) is 0 Å². The van der Waals surface area contributed by atoms with E-state index in [4.69, 9.17) is 9.41 Å². The standard InChI is InChI=1S/C44H29N3O/c1-2-10-28(11-3-1)29-18-20-30(21-19-29)42-35-13-4-7-15-37(35)45-44(46-42)31-22-24-32(25-23-31)47-38-16-8-5-12-33(38)34-26-27-40-41(43(34)47)36-14-6-9-17-39(36)48-40/h1-27,44-45H. The van der Waals surface area contributed by atoms with Crippen LogP contribution in [0.4, 0.5) is 5.69 Å². The van der Waals surface area contributed by atoms with E-state index in [0.717, 1.165) is 61.2 Å². The van der Waals surface area contributed by atoms with E-state index in [1.54, 1.807) is 0 Å². The predicted molar refractivity (Wildman–Crippen MR) is 198 cm³/mol. The Balaban J connectivity index is 1.09. The molecule has 1 unspecified atom stereocenters. The van der Waals surface area contributed by atoms with Gasteiger partial charge in [-0.2, -0.15) is 0 Å². The molecular formula is C44H29N3O. The molecule has 7 aromatic carbocycles. The van der Waals surface area contributed by atoms with Crippen LogP contribution in [0.2, 0.25) is 0 Å². The van der Waals surface area contributed by atoms with Gasteiger partial charge in [0.15, 0.2) is 0 Å². The summed E-state index contributed by atoms with van der Waals surface area (Å²) in [6.45, 7) is 0. The van der Waals surface area contributed by atoms with Crippen LogP contribution in [0.15, 0.2) is 173 Å². The minimum Gasteiger partial charge on any atom is -0.456 e. The second-order valence-electron chi connectivity index (χ2n) is 12.4. The molecule has 226 valence electrons. The summed E-state index contributed by atoms with van der Waals surface area (Å²) in [5.41, 5.74) is 13.0. The van der Waals surface area contributed by atoms with Crippen molar-refractivity contribution in [1.82, 2.24) is 4.57 Å². The smallest absolute Gasteiger partial charge is 0.145 e. The zero-order valence-electron chi connectivity index (χ0n) is 26.0. The zero-order chi connectivity index (χ0) is 31.6. The summed E-state index contributed by atoms with van der Waals surface area (Å²) in [4.78, 5) is 5.31. The van der Waals surface area contributed by atoms with Crippen LogP contribution in [0.3, 0.4) is 0 Å². The summed E-state index contributed by atoms with van der Waals surface area (Å²) >= 11 is 0. The zero-order valence-corrected chi connectivity index (χ0v) is 26.0. The number of para-hydroxylation sites is 3. The minimum atomic E-state index is -0.222. The van der Waals surface area contributed by atoms with Crippen molar-refractivity contribution >= 4 is 55.1 Å². The largest absolute Gasteiger partial charge is 0.456 e. The molecule has 4 heteroatoms. The lowest BCUT2D eigenvalue weighted by Crippen LogP contribution is -2.20.